The third-order valence-corrected chi connectivity index (χ3v) is 9.60. The number of sulfonamides is 1. The molecule has 1 heterocycles. The van der Waals surface area contributed by atoms with Crippen molar-refractivity contribution in [3.05, 3.63) is 102 Å². The highest BCUT2D eigenvalue weighted by Crippen LogP contribution is 2.22. The van der Waals surface area contributed by atoms with Gasteiger partial charge >= 0.3 is 0 Å². The van der Waals surface area contributed by atoms with Gasteiger partial charge in [0.1, 0.15) is 0 Å². The van der Waals surface area contributed by atoms with Crippen LogP contribution in [0.3, 0.4) is 0 Å². The van der Waals surface area contributed by atoms with Crippen molar-refractivity contribution in [2.45, 2.75) is 16.4 Å². The van der Waals surface area contributed by atoms with Gasteiger partial charge in [-0.15, -0.1) is 0 Å². The molecule has 1 aliphatic heterocycles. The number of nitrogens with zero attached hydrogens (tertiary/aromatic N) is 2. The van der Waals surface area contributed by atoms with Crippen LogP contribution in [0.1, 0.15) is 21.5 Å². The van der Waals surface area contributed by atoms with Gasteiger partial charge in [-0.3, -0.25) is 9.69 Å². The molecule has 1 fully saturated rings. The summed E-state index contributed by atoms with van der Waals surface area (Å²) < 4.78 is 53.5. The topological polar surface area (TPSA) is 91.8 Å². The van der Waals surface area contributed by atoms with Crippen molar-refractivity contribution >= 4 is 25.6 Å². The van der Waals surface area contributed by atoms with Gasteiger partial charge < -0.3 is 0 Å². The molecule has 1 saturated heterocycles. The Bertz CT molecular complexity index is 1370. The van der Waals surface area contributed by atoms with Crippen LogP contribution in [0.2, 0.25) is 0 Å². The van der Waals surface area contributed by atoms with Gasteiger partial charge in [-0.2, -0.15) is 4.31 Å². The van der Waals surface area contributed by atoms with E-state index in [0.29, 0.717) is 29.8 Å². The van der Waals surface area contributed by atoms with E-state index in [1.165, 1.54) is 16.4 Å². The number of carbonyl (C=O) groups is 1. The molecular weight excluding hydrogens is 484 g/mol. The van der Waals surface area contributed by atoms with E-state index in [2.05, 4.69) is 0 Å². The molecule has 0 saturated carbocycles. The van der Waals surface area contributed by atoms with E-state index in [4.69, 9.17) is 0 Å². The van der Waals surface area contributed by atoms with Crippen molar-refractivity contribution in [2.75, 3.05) is 32.7 Å². The lowest BCUT2D eigenvalue weighted by molar-refractivity contribution is 0.0901. The van der Waals surface area contributed by atoms with Gasteiger partial charge in [0, 0.05) is 31.7 Å². The standard InChI is InChI=1S/C26H28N2O5S2/c29-26(22-9-3-1-4-10-22)19-27-15-17-28(18-16-27)35(32,33)21-24-12-8-7-11-23(24)20-34(30,31)25-13-5-2-6-14-25/h1-14H,15-21H2. The molecule has 0 bridgehead atoms. The van der Waals surface area contributed by atoms with Gasteiger partial charge in [0.15, 0.2) is 15.6 Å². The summed E-state index contributed by atoms with van der Waals surface area (Å²) in [5, 5.41) is 0. The predicted molar refractivity (Wildman–Crippen MR) is 135 cm³/mol. The number of benzene rings is 3. The molecule has 3 aromatic rings. The lowest BCUT2D eigenvalue weighted by Gasteiger charge is -2.33. The number of piperazine rings is 1. The monoisotopic (exact) mass is 512 g/mol. The third kappa shape index (κ3) is 6.43. The van der Waals surface area contributed by atoms with Gasteiger partial charge in [-0.05, 0) is 23.3 Å². The number of hydrogen-bond donors (Lipinski definition) is 0. The zero-order valence-corrected chi connectivity index (χ0v) is 20.9. The fraction of sp³-hybridized carbons (Fsp3) is 0.269. The molecule has 0 aromatic heterocycles. The van der Waals surface area contributed by atoms with Gasteiger partial charge in [0.2, 0.25) is 10.0 Å². The Kier molecular flexibility index (Phi) is 7.81. The Labute approximate surface area is 207 Å². The summed E-state index contributed by atoms with van der Waals surface area (Å²) in [5.74, 6) is -0.524. The van der Waals surface area contributed by atoms with Gasteiger partial charge in [-0.25, -0.2) is 16.8 Å². The minimum absolute atomic E-state index is 0.00969. The largest absolute Gasteiger partial charge is 0.293 e. The van der Waals surface area contributed by atoms with Crippen molar-refractivity contribution in [1.82, 2.24) is 9.21 Å². The summed E-state index contributed by atoms with van der Waals surface area (Å²) in [6.45, 7) is 1.74. The van der Waals surface area contributed by atoms with Gasteiger partial charge in [-0.1, -0.05) is 72.8 Å². The SMILES string of the molecule is O=C(CN1CCN(S(=O)(=O)Cc2ccccc2CS(=O)(=O)c2ccccc2)CC1)c1ccccc1. The van der Waals surface area contributed by atoms with E-state index in [-0.39, 0.29) is 41.8 Å². The Morgan fingerprint density at radius 1 is 0.657 bits per heavy atom. The highest BCUT2D eigenvalue weighted by atomic mass is 32.2. The molecule has 0 spiro atoms. The summed E-state index contributed by atoms with van der Waals surface area (Å²) in [7, 11) is -7.26. The molecule has 0 amide bonds. The Balaban J connectivity index is 1.40. The minimum atomic E-state index is -3.66. The first-order chi connectivity index (χ1) is 16.7. The van der Waals surface area contributed by atoms with Gasteiger partial charge in [0.25, 0.3) is 0 Å². The second-order valence-electron chi connectivity index (χ2n) is 8.56. The molecule has 0 unspecified atom stereocenters. The lowest BCUT2D eigenvalue weighted by atomic mass is 10.1. The van der Waals surface area contributed by atoms with Gasteiger partial charge in [0.05, 0.1) is 22.9 Å². The Morgan fingerprint density at radius 2 is 1.17 bits per heavy atom. The molecule has 35 heavy (non-hydrogen) atoms. The van der Waals surface area contributed by atoms with E-state index in [1.807, 2.05) is 23.1 Å². The zero-order chi connectivity index (χ0) is 24.9. The molecule has 0 aliphatic carbocycles. The summed E-state index contributed by atoms with van der Waals surface area (Å²) in [6.07, 6.45) is 0. The average Bonchev–Trinajstić information content (AvgIpc) is 2.86. The van der Waals surface area contributed by atoms with Crippen molar-refractivity contribution in [1.29, 1.82) is 0 Å². The molecule has 0 N–H and O–H groups in total. The molecule has 1 aliphatic rings. The van der Waals surface area contributed by atoms with Crippen LogP contribution in [-0.4, -0.2) is 64.5 Å². The van der Waals surface area contributed by atoms with Crippen LogP contribution in [0, 0.1) is 0 Å². The van der Waals surface area contributed by atoms with Crippen LogP contribution >= 0.6 is 0 Å². The van der Waals surface area contributed by atoms with Crippen molar-refractivity contribution in [2.24, 2.45) is 0 Å². The second kappa shape index (κ2) is 10.8. The quantitative estimate of drug-likeness (QED) is 0.410. The molecule has 9 heteroatoms. The van der Waals surface area contributed by atoms with Crippen LogP contribution in [0.25, 0.3) is 0 Å². The van der Waals surface area contributed by atoms with Crippen LogP contribution in [0.4, 0.5) is 0 Å². The van der Waals surface area contributed by atoms with E-state index in [1.54, 1.807) is 54.6 Å². The average molecular weight is 513 g/mol. The smallest absolute Gasteiger partial charge is 0.218 e. The first kappa shape index (κ1) is 25.2. The summed E-state index contributed by atoms with van der Waals surface area (Å²) >= 11 is 0. The molecule has 184 valence electrons. The number of sulfone groups is 1. The molecule has 7 nitrogen and oxygen atoms in total. The number of rotatable bonds is 9. The number of ketones is 1. The third-order valence-electron chi connectivity index (χ3n) is 6.09. The zero-order valence-electron chi connectivity index (χ0n) is 19.3. The highest BCUT2D eigenvalue weighted by Gasteiger charge is 2.29. The van der Waals surface area contributed by atoms with Crippen LogP contribution in [-0.2, 0) is 31.4 Å². The van der Waals surface area contributed by atoms with Crippen molar-refractivity contribution in [3.63, 3.8) is 0 Å². The van der Waals surface area contributed by atoms with E-state index < -0.39 is 19.9 Å². The lowest BCUT2D eigenvalue weighted by Crippen LogP contribution is -2.50. The molecule has 3 aromatic carbocycles. The summed E-state index contributed by atoms with van der Waals surface area (Å²) in [5.41, 5.74) is 1.60. The predicted octanol–water partition coefficient (Wildman–Crippen LogP) is 2.99. The van der Waals surface area contributed by atoms with E-state index in [0.717, 1.165) is 0 Å². The first-order valence-corrected chi connectivity index (χ1v) is 14.6. The fourth-order valence-electron chi connectivity index (χ4n) is 4.13. The van der Waals surface area contributed by atoms with E-state index >= 15 is 0 Å². The maximum atomic E-state index is 13.2. The Hall–Kier alpha value is -2.85. The van der Waals surface area contributed by atoms with Crippen LogP contribution < -0.4 is 0 Å². The normalized spacial score (nSPS) is 15.7. The van der Waals surface area contributed by atoms with Crippen LogP contribution in [0.5, 0.6) is 0 Å². The van der Waals surface area contributed by atoms with Crippen molar-refractivity contribution < 1.29 is 21.6 Å². The minimum Gasteiger partial charge on any atom is -0.293 e. The second-order valence-corrected chi connectivity index (χ2v) is 12.5. The molecule has 4 rings (SSSR count). The number of hydrogen-bond acceptors (Lipinski definition) is 6. The van der Waals surface area contributed by atoms with Crippen molar-refractivity contribution in [3.8, 4) is 0 Å². The summed E-state index contributed by atoms with van der Waals surface area (Å²) in [4.78, 5) is 14.6. The van der Waals surface area contributed by atoms with E-state index in [9.17, 15) is 21.6 Å². The maximum absolute atomic E-state index is 13.2. The fourth-order valence-corrected chi connectivity index (χ4v) is 7.13. The highest BCUT2D eigenvalue weighted by molar-refractivity contribution is 7.90. The Morgan fingerprint density at radius 3 is 1.77 bits per heavy atom. The first-order valence-electron chi connectivity index (χ1n) is 11.4. The molecular formula is C26H28N2O5S2. The molecule has 0 atom stereocenters. The number of Topliss-reactive ketones (excluding diaryl/α,β-unsaturated/α-hetero) is 1. The molecule has 0 radical (unpaired) electrons. The number of carbonyl (C=O) groups excluding carboxylic acids is 1. The maximum Gasteiger partial charge on any atom is 0.218 e. The van der Waals surface area contributed by atoms with Crippen LogP contribution in [0.15, 0.2) is 89.8 Å². The summed E-state index contributed by atoms with van der Waals surface area (Å²) in [6, 6.07) is 24.0.